The molecule has 2 heterocycles. The van der Waals surface area contributed by atoms with Gasteiger partial charge in [-0.3, -0.25) is 10.1 Å². The zero-order chi connectivity index (χ0) is 19.9. The summed E-state index contributed by atoms with van der Waals surface area (Å²) in [5.74, 6) is 0.771. The molecule has 0 spiro atoms. The summed E-state index contributed by atoms with van der Waals surface area (Å²) >= 11 is 6.69. The Kier molecular flexibility index (Phi) is 6.72. The highest BCUT2D eigenvalue weighted by molar-refractivity contribution is 7.80. The standard InChI is InChI=1S/C19H20N4O3S2/c1-3-4-9-25-14-7-5-13(6-8-14)21-19(27)22-18(24)15-10-17(26-23-15)16-11-28-12(2)20-16/h5-8,10-11H,3-4,9H2,1-2H3,(H2,21,22,24,27). The summed E-state index contributed by atoms with van der Waals surface area (Å²) in [5, 5.41) is 12.2. The van der Waals surface area contributed by atoms with Crippen molar-refractivity contribution in [2.45, 2.75) is 26.7 Å². The molecule has 0 bridgehead atoms. The van der Waals surface area contributed by atoms with Gasteiger partial charge in [0.15, 0.2) is 16.6 Å². The minimum Gasteiger partial charge on any atom is -0.494 e. The summed E-state index contributed by atoms with van der Waals surface area (Å²) in [7, 11) is 0. The molecule has 2 N–H and O–H groups in total. The normalized spacial score (nSPS) is 10.5. The number of benzene rings is 1. The van der Waals surface area contributed by atoms with E-state index in [2.05, 4.69) is 27.7 Å². The molecule has 0 saturated heterocycles. The third kappa shape index (κ3) is 5.37. The SMILES string of the molecule is CCCCOc1ccc(NC(=S)NC(=O)c2cc(-c3csc(C)n3)on2)cc1. The summed E-state index contributed by atoms with van der Waals surface area (Å²) in [6.45, 7) is 4.70. The van der Waals surface area contributed by atoms with Gasteiger partial charge in [0.1, 0.15) is 11.4 Å². The van der Waals surface area contributed by atoms with Crippen LogP contribution in [-0.4, -0.2) is 27.8 Å². The Morgan fingerprint density at radius 2 is 2.11 bits per heavy atom. The molecule has 3 rings (SSSR count). The summed E-state index contributed by atoms with van der Waals surface area (Å²) < 4.78 is 10.8. The first kappa shape index (κ1) is 20.0. The fourth-order valence-electron chi connectivity index (χ4n) is 2.28. The minimum atomic E-state index is -0.459. The first-order valence-corrected chi connectivity index (χ1v) is 10.1. The number of hydrogen-bond donors (Lipinski definition) is 2. The van der Waals surface area contributed by atoms with Crippen LogP contribution in [0.5, 0.6) is 5.75 Å². The number of ether oxygens (including phenoxy) is 1. The Balaban J connectivity index is 1.53. The molecule has 0 fully saturated rings. The van der Waals surface area contributed by atoms with Crippen molar-refractivity contribution in [2.24, 2.45) is 0 Å². The molecule has 7 nitrogen and oxygen atoms in total. The van der Waals surface area contributed by atoms with Crippen molar-refractivity contribution < 1.29 is 14.1 Å². The molecule has 0 unspecified atom stereocenters. The van der Waals surface area contributed by atoms with Crippen LogP contribution in [0.4, 0.5) is 5.69 Å². The van der Waals surface area contributed by atoms with Gasteiger partial charge < -0.3 is 14.6 Å². The number of carbonyl (C=O) groups is 1. The van der Waals surface area contributed by atoms with Gasteiger partial charge in [0.2, 0.25) is 0 Å². The molecule has 1 amide bonds. The average Bonchev–Trinajstić information content (AvgIpc) is 3.32. The highest BCUT2D eigenvalue weighted by atomic mass is 32.1. The van der Waals surface area contributed by atoms with Crippen LogP contribution in [0.25, 0.3) is 11.5 Å². The Labute approximate surface area is 172 Å². The van der Waals surface area contributed by atoms with Crippen molar-refractivity contribution in [2.75, 3.05) is 11.9 Å². The van der Waals surface area contributed by atoms with Crippen molar-refractivity contribution in [3.63, 3.8) is 0 Å². The van der Waals surface area contributed by atoms with E-state index >= 15 is 0 Å². The number of thiazole rings is 1. The third-order valence-electron chi connectivity index (χ3n) is 3.72. The summed E-state index contributed by atoms with van der Waals surface area (Å²) in [5.41, 5.74) is 1.52. The number of rotatable bonds is 7. The molecular weight excluding hydrogens is 396 g/mol. The van der Waals surface area contributed by atoms with Gasteiger partial charge in [0, 0.05) is 17.1 Å². The fourth-order valence-corrected chi connectivity index (χ4v) is 3.09. The van der Waals surface area contributed by atoms with E-state index in [4.69, 9.17) is 21.5 Å². The number of aryl methyl sites for hydroxylation is 1. The number of hydrogen-bond acceptors (Lipinski definition) is 7. The minimum absolute atomic E-state index is 0.129. The second kappa shape index (κ2) is 9.43. The van der Waals surface area contributed by atoms with Crippen molar-refractivity contribution >= 4 is 40.3 Å². The molecule has 0 aliphatic rings. The van der Waals surface area contributed by atoms with Gasteiger partial charge >= 0.3 is 0 Å². The molecule has 3 aromatic rings. The molecule has 28 heavy (non-hydrogen) atoms. The Morgan fingerprint density at radius 1 is 1.32 bits per heavy atom. The molecule has 0 aliphatic heterocycles. The van der Waals surface area contributed by atoms with E-state index in [-0.39, 0.29) is 10.8 Å². The first-order chi connectivity index (χ1) is 13.5. The Hall–Kier alpha value is -2.78. The van der Waals surface area contributed by atoms with E-state index in [1.54, 1.807) is 0 Å². The maximum Gasteiger partial charge on any atom is 0.279 e. The lowest BCUT2D eigenvalue weighted by Crippen LogP contribution is -2.34. The maximum absolute atomic E-state index is 12.3. The number of nitrogens with zero attached hydrogens (tertiary/aromatic N) is 2. The van der Waals surface area contributed by atoms with Crippen molar-refractivity contribution in [3.8, 4) is 17.2 Å². The summed E-state index contributed by atoms with van der Waals surface area (Å²) in [4.78, 5) is 16.6. The molecule has 1 aromatic carbocycles. The monoisotopic (exact) mass is 416 g/mol. The van der Waals surface area contributed by atoms with Crippen LogP contribution in [0.2, 0.25) is 0 Å². The molecule has 0 atom stereocenters. The van der Waals surface area contributed by atoms with Gasteiger partial charge in [-0.25, -0.2) is 4.98 Å². The van der Waals surface area contributed by atoms with E-state index in [9.17, 15) is 4.79 Å². The highest BCUT2D eigenvalue weighted by Gasteiger charge is 2.16. The van der Waals surface area contributed by atoms with Gasteiger partial charge in [-0.1, -0.05) is 18.5 Å². The van der Waals surface area contributed by atoms with Crippen LogP contribution < -0.4 is 15.4 Å². The number of anilines is 1. The molecule has 0 radical (unpaired) electrons. The van der Waals surface area contributed by atoms with Crippen LogP contribution in [-0.2, 0) is 0 Å². The lowest BCUT2D eigenvalue weighted by Gasteiger charge is -2.10. The van der Waals surface area contributed by atoms with Crippen LogP contribution in [0, 0.1) is 6.92 Å². The number of aromatic nitrogens is 2. The Morgan fingerprint density at radius 3 is 2.79 bits per heavy atom. The van der Waals surface area contributed by atoms with Gasteiger partial charge in [0.25, 0.3) is 5.91 Å². The quantitative estimate of drug-likeness (QED) is 0.435. The maximum atomic E-state index is 12.3. The number of carbonyl (C=O) groups excluding carboxylic acids is 1. The van der Waals surface area contributed by atoms with Crippen LogP contribution in [0.15, 0.2) is 40.2 Å². The van der Waals surface area contributed by atoms with E-state index in [1.165, 1.54) is 17.4 Å². The van der Waals surface area contributed by atoms with Gasteiger partial charge in [-0.05, 0) is 49.8 Å². The molecule has 2 aromatic heterocycles. The van der Waals surface area contributed by atoms with E-state index in [0.29, 0.717) is 18.1 Å². The topological polar surface area (TPSA) is 89.3 Å². The van der Waals surface area contributed by atoms with Crippen LogP contribution >= 0.6 is 23.6 Å². The van der Waals surface area contributed by atoms with E-state index in [1.807, 2.05) is 36.6 Å². The molecule has 9 heteroatoms. The largest absolute Gasteiger partial charge is 0.494 e. The van der Waals surface area contributed by atoms with Gasteiger partial charge in [-0.2, -0.15) is 0 Å². The van der Waals surface area contributed by atoms with Crippen molar-refractivity contribution in [1.82, 2.24) is 15.5 Å². The third-order valence-corrected chi connectivity index (χ3v) is 4.70. The summed E-state index contributed by atoms with van der Waals surface area (Å²) in [6.07, 6.45) is 2.10. The van der Waals surface area contributed by atoms with Gasteiger partial charge in [0.05, 0.1) is 11.6 Å². The summed E-state index contributed by atoms with van der Waals surface area (Å²) in [6, 6.07) is 8.90. The zero-order valence-corrected chi connectivity index (χ0v) is 17.2. The number of amides is 1. The predicted octanol–water partition coefficient (Wildman–Crippen LogP) is 4.41. The molecular formula is C19H20N4O3S2. The second-order valence-corrected chi connectivity index (χ2v) is 7.43. The smallest absolute Gasteiger partial charge is 0.279 e. The fraction of sp³-hybridized carbons (Fsp3) is 0.263. The van der Waals surface area contributed by atoms with Crippen LogP contribution in [0.1, 0.15) is 35.3 Å². The molecule has 0 saturated carbocycles. The first-order valence-electron chi connectivity index (χ1n) is 8.79. The van der Waals surface area contributed by atoms with Crippen molar-refractivity contribution in [3.05, 3.63) is 46.4 Å². The zero-order valence-electron chi connectivity index (χ0n) is 15.5. The van der Waals surface area contributed by atoms with E-state index < -0.39 is 5.91 Å². The lowest BCUT2D eigenvalue weighted by atomic mass is 10.3. The van der Waals surface area contributed by atoms with E-state index in [0.717, 1.165) is 29.3 Å². The van der Waals surface area contributed by atoms with Gasteiger partial charge in [-0.15, -0.1) is 11.3 Å². The lowest BCUT2D eigenvalue weighted by molar-refractivity contribution is 0.0969. The second-order valence-electron chi connectivity index (χ2n) is 5.96. The highest BCUT2D eigenvalue weighted by Crippen LogP contribution is 2.22. The Bertz CT molecular complexity index is 950. The number of nitrogens with one attached hydrogen (secondary N) is 2. The van der Waals surface area contributed by atoms with Crippen molar-refractivity contribution in [1.29, 1.82) is 0 Å². The molecule has 0 aliphatic carbocycles. The number of unbranched alkanes of at least 4 members (excludes halogenated alkanes) is 1. The molecule has 146 valence electrons. The average molecular weight is 417 g/mol. The van der Waals surface area contributed by atoms with Crippen LogP contribution in [0.3, 0.4) is 0 Å². The predicted molar refractivity (Wildman–Crippen MR) is 113 cm³/mol. The number of thiocarbonyl (C=S) groups is 1.